The lowest BCUT2D eigenvalue weighted by Crippen LogP contribution is -2.37. The lowest BCUT2D eigenvalue weighted by atomic mass is 10.1. The number of nitrogens with one attached hydrogen (secondary N) is 1. The SMILES string of the molecule is Cc1cc(-c2ccnc3ccsc23)c(O[C@H]2CCCNC2)cn1. The first-order valence-corrected chi connectivity index (χ1v) is 8.86. The Morgan fingerprint density at radius 2 is 2.22 bits per heavy atom. The van der Waals surface area contributed by atoms with E-state index in [1.807, 2.05) is 19.3 Å². The smallest absolute Gasteiger partial charge is 0.145 e. The van der Waals surface area contributed by atoms with Crippen LogP contribution in [0.25, 0.3) is 21.3 Å². The van der Waals surface area contributed by atoms with Crippen molar-refractivity contribution in [2.45, 2.75) is 25.9 Å². The Hall–Kier alpha value is -1.98. The molecular weight excluding hydrogens is 306 g/mol. The quantitative estimate of drug-likeness (QED) is 0.796. The van der Waals surface area contributed by atoms with Gasteiger partial charge in [-0.1, -0.05) is 0 Å². The number of ether oxygens (including phenoxy) is 1. The highest BCUT2D eigenvalue weighted by Gasteiger charge is 2.18. The van der Waals surface area contributed by atoms with E-state index in [1.165, 1.54) is 10.3 Å². The molecule has 1 atom stereocenters. The molecule has 0 unspecified atom stereocenters. The van der Waals surface area contributed by atoms with Gasteiger partial charge in [0, 0.05) is 29.6 Å². The third kappa shape index (κ3) is 2.94. The van der Waals surface area contributed by atoms with E-state index in [4.69, 9.17) is 4.74 Å². The predicted molar refractivity (Wildman–Crippen MR) is 94.1 cm³/mol. The van der Waals surface area contributed by atoms with Crippen molar-refractivity contribution in [2.75, 3.05) is 13.1 Å². The van der Waals surface area contributed by atoms with Crippen molar-refractivity contribution in [1.82, 2.24) is 15.3 Å². The van der Waals surface area contributed by atoms with Crippen molar-refractivity contribution in [3.8, 4) is 16.9 Å². The second-order valence-electron chi connectivity index (χ2n) is 5.90. The van der Waals surface area contributed by atoms with Gasteiger partial charge in [-0.05, 0) is 49.9 Å². The van der Waals surface area contributed by atoms with Gasteiger partial charge in [-0.25, -0.2) is 0 Å². The topological polar surface area (TPSA) is 47.0 Å². The number of rotatable bonds is 3. The first kappa shape index (κ1) is 14.6. The van der Waals surface area contributed by atoms with Gasteiger partial charge in [-0.3, -0.25) is 9.97 Å². The zero-order valence-electron chi connectivity index (χ0n) is 13.1. The van der Waals surface area contributed by atoms with Gasteiger partial charge >= 0.3 is 0 Å². The third-order valence-corrected chi connectivity index (χ3v) is 5.12. The molecule has 0 aromatic carbocycles. The Morgan fingerprint density at radius 1 is 1.26 bits per heavy atom. The molecular formula is C18H19N3OS. The van der Waals surface area contributed by atoms with Crippen LogP contribution in [0.2, 0.25) is 0 Å². The van der Waals surface area contributed by atoms with Gasteiger partial charge < -0.3 is 10.1 Å². The first-order chi connectivity index (χ1) is 11.3. The third-order valence-electron chi connectivity index (χ3n) is 4.18. The summed E-state index contributed by atoms with van der Waals surface area (Å²) >= 11 is 1.72. The maximum Gasteiger partial charge on any atom is 0.145 e. The Bertz CT molecular complexity index is 824. The number of pyridine rings is 2. The molecule has 23 heavy (non-hydrogen) atoms. The van der Waals surface area contributed by atoms with Crippen molar-refractivity contribution >= 4 is 21.6 Å². The summed E-state index contributed by atoms with van der Waals surface area (Å²) in [6, 6.07) is 6.24. The number of nitrogens with zero attached hydrogens (tertiary/aromatic N) is 2. The molecule has 4 heterocycles. The van der Waals surface area contributed by atoms with Crippen LogP contribution in [0.3, 0.4) is 0 Å². The van der Waals surface area contributed by atoms with Gasteiger partial charge in [-0.2, -0.15) is 0 Å². The van der Waals surface area contributed by atoms with Crippen molar-refractivity contribution < 1.29 is 4.74 Å². The highest BCUT2D eigenvalue weighted by Crippen LogP contribution is 2.37. The fourth-order valence-electron chi connectivity index (χ4n) is 3.04. The molecule has 5 heteroatoms. The number of aryl methyl sites for hydroxylation is 1. The van der Waals surface area contributed by atoms with Gasteiger partial charge in [0.2, 0.25) is 0 Å². The average molecular weight is 325 g/mol. The molecule has 0 amide bonds. The molecule has 0 aliphatic carbocycles. The molecule has 3 aromatic heterocycles. The summed E-state index contributed by atoms with van der Waals surface area (Å²) in [4.78, 5) is 8.88. The van der Waals surface area contributed by atoms with Gasteiger partial charge in [0.25, 0.3) is 0 Å². The van der Waals surface area contributed by atoms with Crippen LogP contribution >= 0.6 is 11.3 Å². The number of hydrogen-bond acceptors (Lipinski definition) is 5. The van der Waals surface area contributed by atoms with Crippen molar-refractivity contribution in [2.24, 2.45) is 0 Å². The molecule has 1 aliphatic heterocycles. The van der Waals surface area contributed by atoms with Crippen LogP contribution < -0.4 is 10.1 Å². The Kier molecular flexibility index (Phi) is 3.97. The Morgan fingerprint density at radius 3 is 3.09 bits per heavy atom. The van der Waals surface area contributed by atoms with Crippen LogP contribution in [0.4, 0.5) is 0 Å². The molecule has 0 saturated carbocycles. The minimum atomic E-state index is 0.215. The van der Waals surface area contributed by atoms with Gasteiger partial charge in [0.05, 0.1) is 16.4 Å². The predicted octanol–water partition coefficient (Wildman–Crippen LogP) is 3.80. The van der Waals surface area contributed by atoms with E-state index in [-0.39, 0.29) is 6.10 Å². The van der Waals surface area contributed by atoms with Crippen LogP contribution in [-0.4, -0.2) is 29.2 Å². The van der Waals surface area contributed by atoms with E-state index >= 15 is 0 Å². The molecule has 1 saturated heterocycles. The van der Waals surface area contributed by atoms with E-state index in [1.54, 1.807) is 11.3 Å². The van der Waals surface area contributed by atoms with Gasteiger partial charge in [0.15, 0.2) is 0 Å². The number of aromatic nitrogens is 2. The lowest BCUT2D eigenvalue weighted by Gasteiger charge is -2.25. The Labute approximate surface area is 139 Å². The molecule has 0 spiro atoms. The Balaban J connectivity index is 1.77. The molecule has 1 N–H and O–H groups in total. The highest BCUT2D eigenvalue weighted by atomic mass is 32.1. The lowest BCUT2D eigenvalue weighted by molar-refractivity contribution is 0.167. The van der Waals surface area contributed by atoms with Crippen LogP contribution in [-0.2, 0) is 0 Å². The second kappa shape index (κ2) is 6.26. The highest BCUT2D eigenvalue weighted by molar-refractivity contribution is 7.17. The van der Waals surface area contributed by atoms with E-state index in [0.717, 1.165) is 48.5 Å². The van der Waals surface area contributed by atoms with E-state index in [2.05, 4.69) is 38.9 Å². The van der Waals surface area contributed by atoms with Gasteiger partial charge in [-0.15, -0.1) is 11.3 Å². The van der Waals surface area contributed by atoms with E-state index in [9.17, 15) is 0 Å². The molecule has 0 radical (unpaired) electrons. The van der Waals surface area contributed by atoms with E-state index in [0.29, 0.717) is 0 Å². The van der Waals surface area contributed by atoms with Crippen LogP contribution in [0.15, 0.2) is 36.0 Å². The number of thiophene rings is 1. The molecule has 4 rings (SSSR count). The number of piperidine rings is 1. The fraction of sp³-hybridized carbons (Fsp3) is 0.333. The first-order valence-electron chi connectivity index (χ1n) is 7.98. The van der Waals surface area contributed by atoms with Crippen LogP contribution in [0.5, 0.6) is 5.75 Å². The molecule has 4 nitrogen and oxygen atoms in total. The summed E-state index contributed by atoms with van der Waals surface area (Å²) < 4.78 is 7.48. The van der Waals surface area contributed by atoms with Crippen molar-refractivity contribution in [1.29, 1.82) is 0 Å². The summed E-state index contributed by atoms with van der Waals surface area (Å²) in [5.74, 6) is 0.866. The minimum absolute atomic E-state index is 0.215. The minimum Gasteiger partial charge on any atom is -0.487 e. The summed E-state index contributed by atoms with van der Waals surface area (Å²) in [7, 11) is 0. The summed E-state index contributed by atoms with van der Waals surface area (Å²) in [6.07, 6.45) is 6.19. The van der Waals surface area contributed by atoms with Crippen molar-refractivity contribution in [3.05, 3.63) is 41.7 Å². The average Bonchev–Trinajstić information content (AvgIpc) is 3.06. The zero-order chi connectivity index (χ0) is 15.6. The van der Waals surface area contributed by atoms with Crippen LogP contribution in [0, 0.1) is 6.92 Å². The molecule has 1 aliphatic rings. The van der Waals surface area contributed by atoms with Crippen LogP contribution in [0.1, 0.15) is 18.5 Å². The second-order valence-corrected chi connectivity index (χ2v) is 6.82. The molecule has 118 valence electrons. The summed E-state index contributed by atoms with van der Waals surface area (Å²) in [5.41, 5.74) is 4.31. The molecule has 0 bridgehead atoms. The maximum absolute atomic E-state index is 6.28. The summed E-state index contributed by atoms with van der Waals surface area (Å²) in [5, 5.41) is 5.48. The monoisotopic (exact) mass is 325 g/mol. The van der Waals surface area contributed by atoms with Crippen molar-refractivity contribution in [3.63, 3.8) is 0 Å². The number of hydrogen-bond donors (Lipinski definition) is 1. The van der Waals surface area contributed by atoms with E-state index < -0.39 is 0 Å². The standard InChI is InChI=1S/C18H19N3OS/c1-12-9-15(14-4-7-20-16-5-8-23-18(14)16)17(11-21-12)22-13-3-2-6-19-10-13/h4-5,7-9,11,13,19H,2-3,6,10H2,1H3/t13-/m0/s1. The summed E-state index contributed by atoms with van der Waals surface area (Å²) in [6.45, 7) is 4.00. The molecule has 1 fully saturated rings. The maximum atomic E-state index is 6.28. The normalized spacial score (nSPS) is 18.2. The largest absolute Gasteiger partial charge is 0.487 e. The molecule has 3 aromatic rings. The fourth-order valence-corrected chi connectivity index (χ4v) is 3.92. The zero-order valence-corrected chi connectivity index (χ0v) is 13.9. The number of fused-ring (bicyclic) bond motifs is 1. The van der Waals surface area contributed by atoms with Gasteiger partial charge in [0.1, 0.15) is 11.9 Å².